The molecule has 33 heavy (non-hydrogen) atoms. The number of pyridine rings is 1. The molecular formula is C24H22N4O3S2. The molecule has 1 amide bonds. The molecule has 0 spiro atoms. The van der Waals surface area contributed by atoms with Gasteiger partial charge in [0.2, 0.25) is 5.91 Å². The van der Waals surface area contributed by atoms with Crippen molar-refractivity contribution >= 4 is 39.7 Å². The first-order valence-corrected chi connectivity index (χ1v) is 12.1. The highest BCUT2D eigenvalue weighted by atomic mass is 32.1. The Labute approximate surface area is 199 Å². The molecule has 0 saturated heterocycles. The van der Waals surface area contributed by atoms with E-state index in [4.69, 9.17) is 4.74 Å². The van der Waals surface area contributed by atoms with Gasteiger partial charge >= 0.3 is 5.97 Å². The molecule has 0 saturated carbocycles. The van der Waals surface area contributed by atoms with Crippen molar-refractivity contribution < 1.29 is 14.3 Å². The fourth-order valence-electron chi connectivity index (χ4n) is 3.17. The van der Waals surface area contributed by atoms with Crippen molar-refractivity contribution in [2.24, 2.45) is 0 Å². The van der Waals surface area contributed by atoms with Crippen LogP contribution >= 0.6 is 22.7 Å². The van der Waals surface area contributed by atoms with Gasteiger partial charge in [0.1, 0.15) is 9.88 Å². The van der Waals surface area contributed by atoms with Crippen LogP contribution in [0.15, 0.2) is 60.2 Å². The summed E-state index contributed by atoms with van der Waals surface area (Å²) in [4.78, 5) is 41.0. The number of anilines is 1. The summed E-state index contributed by atoms with van der Waals surface area (Å²) in [5, 5.41) is 3.17. The maximum Gasteiger partial charge on any atom is 0.350 e. The summed E-state index contributed by atoms with van der Waals surface area (Å²) in [7, 11) is 0. The molecule has 0 fully saturated rings. The number of nitrogens with zero attached hydrogens (tertiary/aromatic N) is 4. The van der Waals surface area contributed by atoms with E-state index in [9.17, 15) is 9.59 Å². The molecule has 0 aliphatic heterocycles. The van der Waals surface area contributed by atoms with Crippen molar-refractivity contribution in [3.05, 3.63) is 82.1 Å². The zero-order valence-corrected chi connectivity index (χ0v) is 19.9. The van der Waals surface area contributed by atoms with Gasteiger partial charge in [-0.15, -0.1) is 11.3 Å². The molecule has 9 heteroatoms. The van der Waals surface area contributed by atoms with E-state index in [1.54, 1.807) is 31.1 Å². The minimum absolute atomic E-state index is 0.122. The van der Waals surface area contributed by atoms with Gasteiger partial charge in [0.15, 0.2) is 5.13 Å². The monoisotopic (exact) mass is 478 g/mol. The van der Waals surface area contributed by atoms with Gasteiger partial charge in [-0.1, -0.05) is 41.7 Å². The van der Waals surface area contributed by atoms with E-state index in [1.165, 1.54) is 22.7 Å². The van der Waals surface area contributed by atoms with E-state index in [0.29, 0.717) is 27.9 Å². The molecule has 3 heterocycles. The zero-order chi connectivity index (χ0) is 23.2. The lowest BCUT2D eigenvalue weighted by Crippen LogP contribution is -2.31. The summed E-state index contributed by atoms with van der Waals surface area (Å²) >= 11 is 2.65. The van der Waals surface area contributed by atoms with E-state index >= 15 is 0 Å². The van der Waals surface area contributed by atoms with E-state index in [-0.39, 0.29) is 18.9 Å². The summed E-state index contributed by atoms with van der Waals surface area (Å²) in [5.74, 6) is -0.572. The number of amides is 1. The Bertz CT molecular complexity index is 1240. The average molecular weight is 479 g/mol. The van der Waals surface area contributed by atoms with Crippen LogP contribution in [0.5, 0.6) is 0 Å². The molecule has 1 aromatic carbocycles. The summed E-state index contributed by atoms with van der Waals surface area (Å²) in [6.45, 7) is 4.13. The smallest absolute Gasteiger partial charge is 0.350 e. The number of rotatable bonds is 8. The highest BCUT2D eigenvalue weighted by Gasteiger charge is 2.25. The van der Waals surface area contributed by atoms with Crippen molar-refractivity contribution in [2.45, 2.75) is 26.8 Å². The van der Waals surface area contributed by atoms with Crippen molar-refractivity contribution in [1.29, 1.82) is 0 Å². The molecule has 0 aliphatic rings. The Morgan fingerprint density at radius 2 is 1.91 bits per heavy atom. The van der Waals surface area contributed by atoms with E-state index < -0.39 is 5.97 Å². The SMILES string of the molecule is CCOC(=O)c1sc(N(Cc2ccccc2)C(=O)Cc2csc(-c3cccnc3)n2)nc1C. The third-order valence-electron chi connectivity index (χ3n) is 4.75. The highest BCUT2D eigenvalue weighted by Crippen LogP contribution is 2.29. The molecule has 7 nitrogen and oxygen atoms in total. The van der Waals surface area contributed by atoms with Gasteiger partial charge in [0, 0.05) is 23.3 Å². The van der Waals surface area contributed by atoms with Gasteiger partial charge < -0.3 is 4.74 Å². The van der Waals surface area contributed by atoms with Crippen molar-refractivity contribution in [3.8, 4) is 10.6 Å². The maximum atomic E-state index is 13.4. The molecule has 0 unspecified atom stereocenters. The van der Waals surface area contributed by atoms with Gasteiger partial charge in [-0.05, 0) is 31.5 Å². The van der Waals surface area contributed by atoms with Gasteiger partial charge in [0.25, 0.3) is 0 Å². The lowest BCUT2D eigenvalue weighted by atomic mass is 10.2. The number of thiazole rings is 2. The van der Waals surface area contributed by atoms with Gasteiger partial charge in [-0.3, -0.25) is 14.7 Å². The molecule has 3 aromatic heterocycles. The Hall–Kier alpha value is -3.43. The van der Waals surface area contributed by atoms with Crippen LogP contribution in [-0.2, 0) is 22.5 Å². The lowest BCUT2D eigenvalue weighted by molar-refractivity contribution is -0.118. The predicted octanol–water partition coefficient (Wildman–Crippen LogP) is 4.92. The molecule has 0 radical (unpaired) electrons. The first kappa shape index (κ1) is 22.8. The average Bonchev–Trinajstić information content (AvgIpc) is 3.45. The van der Waals surface area contributed by atoms with Crippen LogP contribution in [0.3, 0.4) is 0 Å². The maximum absolute atomic E-state index is 13.4. The molecule has 0 aliphatic carbocycles. The van der Waals surface area contributed by atoms with E-state index in [2.05, 4.69) is 15.0 Å². The van der Waals surface area contributed by atoms with Crippen molar-refractivity contribution in [1.82, 2.24) is 15.0 Å². The van der Waals surface area contributed by atoms with Gasteiger partial charge in [-0.25, -0.2) is 14.8 Å². The number of aromatic nitrogens is 3. The predicted molar refractivity (Wildman–Crippen MR) is 129 cm³/mol. The number of benzene rings is 1. The van der Waals surface area contributed by atoms with Crippen LogP contribution in [0.1, 0.15) is 33.5 Å². The van der Waals surface area contributed by atoms with E-state index in [1.807, 2.05) is 47.8 Å². The number of hydrogen-bond donors (Lipinski definition) is 0. The van der Waals surface area contributed by atoms with E-state index in [0.717, 1.165) is 16.1 Å². The molecule has 0 N–H and O–H groups in total. The normalized spacial score (nSPS) is 10.7. The van der Waals surface area contributed by atoms with Gasteiger partial charge in [0.05, 0.1) is 31.0 Å². The second-order valence-electron chi connectivity index (χ2n) is 7.16. The number of carbonyl (C=O) groups is 2. The van der Waals surface area contributed by atoms with Crippen LogP contribution in [0, 0.1) is 6.92 Å². The van der Waals surface area contributed by atoms with Crippen molar-refractivity contribution in [2.75, 3.05) is 11.5 Å². The van der Waals surface area contributed by atoms with Gasteiger partial charge in [-0.2, -0.15) is 0 Å². The highest BCUT2D eigenvalue weighted by molar-refractivity contribution is 7.17. The fourth-order valence-corrected chi connectivity index (χ4v) is 4.96. The minimum Gasteiger partial charge on any atom is -0.462 e. The number of esters is 1. The molecular weight excluding hydrogens is 456 g/mol. The second-order valence-corrected chi connectivity index (χ2v) is 9.00. The Morgan fingerprint density at radius 1 is 1.09 bits per heavy atom. The Kier molecular flexibility index (Phi) is 7.21. The Balaban J connectivity index is 1.60. The number of hydrogen-bond acceptors (Lipinski definition) is 8. The Morgan fingerprint density at radius 3 is 2.64 bits per heavy atom. The molecule has 0 bridgehead atoms. The van der Waals surface area contributed by atoms with Crippen LogP contribution in [0.4, 0.5) is 5.13 Å². The zero-order valence-electron chi connectivity index (χ0n) is 18.2. The first-order valence-electron chi connectivity index (χ1n) is 10.4. The summed E-state index contributed by atoms with van der Waals surface area (Å²) in [5.41, 5.74) is 3.11. The van der Waals surface area contributed by atoms with Crippen LogP contribution < -0.4 is 4.90 Å². The standard InChI is InChI=1S/C24H22N4O3S2/c1-3-31-23(30)21-16(2)26-24(33-21)28(14-17-8-5-4-6-9-17)20(29)12-19-15-32-22(27-19)18-10-7-11-25-13-18/h4-11,13,15H,3,12,14H2,1-2H3. The second kappa shape index (κ2) is 10.5. The number of aryl methyl sites for hydroxylation is 1. The fraction of sp³-hybridized carbons (Fsp3) is 0.208. The quantitative estimate of drug-likeness (QED) is 0.334. The molecule has 168 valence electrons. The topological polar surface area (TPSA) is 85.3 Å². The molecule has 4 aromatic rings. The first-order chi connectivity index (χ1) is 16.0. The van der Waals surface area contributed by atoms with Crippen molar-refractivity contribution in [3.63, 3.8) is 0 Å². The van der Waals surface area contributed by atoms with Crippen LogP contribution in [0.2, 0.25) is 0 Å². The van der Waals surface area contributed by atoms with Crippen LogP contribution in [-0.4, -0.2) is 33.4 Å². The third kappa shape index (κ3) is 5.50. The summed E-state index contributed by atoms with van der Waals surface area (Å²) in [6.07, 6.45) is 3.59. The molecule has 0 atom stereocenters. The van der Waals surface area contributed by atoms with Crippen LogP contribution in [0.25, 0.3) is 10.6 Å². The summed E-state index contributed by atoms with van der Waals surface area (Å²) < 4.78 is 5.14. The largest absolute Gasteiger partial charge is 0.462 e. The minimum atomic E-state index is -0.425. The lowest BCUT2D eigenvalue weighted by Gasteiger charge is -2.19. The third-order valence-corrected chi connectivity index (χ3v) is 6.85. The number of carbonyl (C=O) groups excluding carboxylic acids is 2. The summed E-state index contributed by atoms with van der Waals surface area (Å²) in [6, 6.07) is 13.5. The molecule has 4 rings (SSSR count). The number of ether oxygens (including phenoxy) is 1.